The van der Waals surface area contributed by atoms with Crippen LogP contribution >= 0.6 is 11.6 Å². The van der Waals surface area contributed by atoms with Gasteiger partial charge in [-0.25, -0.2) is 9.79 Å². The molecule has 0 atom stereocenters. The van der Waals surface area contributed by atoms with Crippen LogP contribution in [0.4, 0.5) is 0 Å². The van der Waals surface area contributed by atoms with Gasteiger partial charge in [-0.2, -0.15) is 0 Å². The summed E-state index contributed by atoms with van der Waals surface area (Å²) in [6.07, 6.45) is 1.73. The number of hydrogen-bond acceptors (Lipinski definition) is 6. The highest BCUT2D eigenvalue weighted by Gasteiger charge is 2.24. The highest BCUT2D eigenvalue weighted by atomic mass is 35.5. The van der Waals surface area contributed by atoms with Gasteiger partial charge in [0.1, 0.15) is 0 Å². The van der Waals surface area contributed by atoms with Crippen LogP contribution in [0.2, 0.25) is 5.02 Å². The first-order valence-electron chi connectivity index (χ1n) is 8.59. The first kappa shape index (κ1) is 19.6. The van der Waals surface area contributed by atoms with Gasteiger partial charge in [-0.3, -0.25) is 4.79 Å². The van der Waals surface area contributed by atoms with Gasteiger partial charge >= 0.3 is 11.9 Å². The summed E-state index contributed by atoms with van der Waals surface area (Å²) < 4.78 is 15.8. The van der Waals surface area contributed by atoms with Crippen LogP contribution in [-0.4, -0.2) is 24.9 Å². The fourth-order valence-electron chi connectivity index (χ4n) is 2.58. The number of esters is 2. The second-order valence-corrected chi connectivity index (χ2v) is 6.47. The van der Waals surface area contributed by atoms with Gasteiger partial charge in [0.25, 0.3) is 0 Å². The Bertz CT molecular complexity index is 1010. The molecule has 2 aromatic carbocycles. The van der Waals surface area contributed by atoms with Crippen molar-refractivity contribution in [3.63, 3.8) is 0 Å². The van der Waals surface area contributed by atoms with E-state index in [1.165, 1.54) is 13.2 Å². The van der Waals surface area contributed by atoms with Crippen molar-refractivity contribution in [1.29, 1.82) is 0 Å². The molecule has 144 valence electrons. The Morgan fingerprint density at radius 1 is 1.29 bits per heavy atom. The van der Waals surface area contributed by atoms with Crippen molar-refractivity contribution in [2.45, 2.75) is 20.3 Å². The number of benzene rings is 2. The lowest BCUT2D eigenvalue weighted by Gasteiger charge is -2.11. The van der Waals surface area contributed by atoms with Crippen molar-refractivity contribution in [1.82, 2.24) is 0 Å². The zero-order chi connectivity index (χ0) is 20.3. The van der Waals surface area contributed by atoms with E-state index >= 15 is 0 Å². The van der Waals surface area contributed by atoms with Crippen LogP contribution in [0.1, 0.15) is 30.0 Å². The van der Waals surface area contributed by atoms with Crippen LogP contribution in [0, 0.1) is 6.92 Å². The third-order valence-electron chi connectivity index (χ3n) is 3.95. The normalized spacial score (nSPS) is 14.6. The van der Waals surface area contributed by atoms with Gasteiger partial charge in [-0.15, -0.1) is 0 Å². The Labute approximate surface area is 167 Å². The predicted octanol–water partition coefficient (Wildman–Crippen LogP) is 4.32. The number of cyclic esters (lactones) is 1. The Morgan fingerprint density at radius 2 is 2.07 bits per heavy atom. The van der Waals surface area contributed by atoms with Gasteiger partial charge in [0.2, 0.25) is 5.90 Å². The number of halogens is 1. The van der Waals surface area contributed by atoms with E-state index in [9.17, 15) is 9.59 Å². The molecule has 2 aromatic rings. The number of carbonyl (C=O) groups is 2. The molecule has 0 amide bonds. The van der Waals surface area contributed by atoms with E-state index in [-0.39, 0.29) is 34.5 Å². The number of rotatable bonds is 5. The van der Waals surface area contributed by atoms with Crippen molar-refractivity contribution < 1.29 is 23.8 Å². The SMILES string of the molecule is CCC(=O)Oc1c(Cl)cc(/C=C2/N=C(c3cccc(C)c3)OC2=O)cc1OC. The van der Waals surface area contributed by atoms with Crippen molar-refractivity contribution in [2.75, 3.05) is 7.11 Å². The summed E-state index contributed by atoms with van der Waals surface area (Å²) in [6, 6.07) is 10.7. The van der Waals surface area contributed by atoms with Crippen molar-refractivity contribution >= 4 is 35.5 Å². The number of aryl methyl sites for hydroxylation is 1. The molecule has 0 aromatic heterocycles. The molecule has 0 fully saturated rings. The minimum atomic E-state index is -0.562. The lowest BCUT2D eigenvalue weighted by atomic mass is 10.1. The zero-order valence-corrected chi connectivity index (χ0v) is 16.4. The van der Waals surface area contributed by atoms with E-state index in [2.05, 4.69) is 4.99 Å². The van der Waals surface area contributed by atoms with Crippen molar-refractivity contribution in [3.05, 3.63) is 63.8 Å². The predicted molar refractivity (Wildman–Crippen MR) is 106 cm³/mol. The van der Waals surface area contributed by atoms with Crippen molar-refractivity contribution in [2.24, 2.45) is 4.99 Å². The molecule has 0 saturated carbocycles. The highest BCUT2D eigenvalue weighted by molar-refractivity contribution is 6.32. The molecule has 0 radical (unpaired) electrons. The second kappa shape index (κ2) is 8.27. The highest BCUT2D eigenvalue weighted by Crippen LogP contribution is 2.37. The minimum Gasteiger partial charge on any atom is -0.493 e. The maximum absolute atomic E-state index is 12.2. The molecule has 0 aliphatic carbocycles. The molecule has 0 bridgehead atoms. The molecule has 0 unspecified atom stereocenters. The number of nitrogens with zero attached hydrogens (tertiary/aromatic N) is 1. The number of aliphatic imine (C=N–C) groups is 1. The molecule has 3 rings (SSSR count). The molecular weight excluding hydrogens is 382 g/mol. The van der Waals surface area contributed by atoms with E-state index in [4.69, 9.17) is 25.8 Å². The molecule has 6 nitrogen and oxygen atoms in total. The Hall–Kier alpha value is -3.12. The fraction of sp³-hybridized carbons (Fsp3) is 0.190. The van der Waals surface area contributed by atoms with Crippen molar-refractivity contribution in [3.8, 4) is 11.5 Å². The van der Waals surface area contributed by atoms with Crippen LogP contribution in [0.25, 0.3) is 6.08 Å². The molecule has 7 heteroatoms. The van der Waals surface area contributed by atoms with Gasteiger partial charge in [0.05, 0.1) is 12.1 Å². The molecule has 0 N–H and O–H groups in total. The number of carbonyl (C=O) groups excluding carboxylic acids is 2. The van der Waals surface area contributed by atoms with Gasteiger partial charge in [-0.1, -0.05) is 36.2 Å². The summed E-state index contributed by atoms with van der Waals surface area (Å²) in [4.78, 5) is 28.1. The van der Waals surface area contributed by atoms with Crippen LogP contribution in [0.15, 0.2) is 47.1 Å². The maximum atomic E-state index is 12.2. The third-order valence-corrected chi connectivity index (χ3v) is 4.23. The van der Waals surface area contributed by atoms with Gasteiger partial charge in [0.15, 0.2) is 17.2 Å². The second-order valence-electron chi connectivity index (χ2n) is 6.07. The minimum absolute atomic E-state index is 0.132. The smallest absolute Gasteiger partial charge is 0.363 e. The third kappa shape index (κ3) is 4.23. The summed E-state index contributed by atoms with van der Waals surface area (Å²) >= 11 is 6.24. The van der Waals surface area contributed by atoms with Crippen LogP contribution < -0.4 is 9.47 Å². The molecule has 0 saturated heterocycles. The first-order valence-corrected chi connectivity index (χ1v) is 8.97. The average molecular weight is 400 g/mol. The van der Waals surface area contributed by atoms with E-state index in [0.29, 0.717) is 11.1 Å². The largest absolute Gasteiger partial charge is 0.493 e. The Morgan fingerprint density at radius 3 is 2.75 bits per heavy atom. The zero-order valence-electron chi connectivity index (χ0n) is 15.6. The van der Waals surface area contributed by atoms with E-state index in [0.717, 1.165) is 5.56 Å². The molecule has 1 heterocycles. The topological polar surface area (TPSA) is 74.2 Å². The van der Waals surface area contributed by atoms with Crippen LogP contribution in [-0.2, 0) is 14.3 Å². The fourth-order valence-corrected chi connectivity index (χ4v) is 2.83. The van der Waals surface area contributed by atoms with Gasteiger partial charge < -0.3 is 14.2 Å². The maximum Gasteiger partial charge on any atom is 0.363 e. The molecule has 1 aliphatic heterocycles. The lowest BCUT2D eigenvalue weighted by Crippen LogP contribution is -2.07. The van der Waals surface area contributed by atoms with Crippen LogP contribution in [0.5, 0.6) is 11.5 Å². The van der Waals surface area contributed by atoms with Gasteiger partial charge in [0, 0.05) is 12.0 Å². The number of hydrogen-bond donors (Lipinski definition) is 0. The molecule has 1 aliphatic rings. The van der Waals surface area contributed by atoms with E-state index < -0.39 is 11.9 Å². The summed E-state index contributed by atoms with van der Waals surface area (Å²) in [6.45, 7) is 3.62. The molecule has 0 spiro atoms. The Kier molecular flexibility index (Phi) is 5.80. The van der Waals surface area contributed by atoms with Gasteiger partial charge in [-0.05, 0) is 42.8 Å². The summed E-state index contributed by atoms with van der Waals surface area (Å²) in [5, 5.41) is 0.183. The number of ether oxygens (including phenoxy) is 3. The number of methoxy groups -OCH3 is 1. The molecular formula is C21H18ClNO5. The average Bonchev–Trinajstić information content (AvgIpc) is 3.04. The van der Waals surface area contributed by atoms with Crippen LogP contribution in [0.3, 0.4) is 0 Å². The van der Waals surface area contributed by atoms with E-state index in [1.807, 2.05) is 31.2 Å². The summed E-state index contributed by atoms with van der Waals surface area (Å²) in [5.41, 5.74) is 2.43. The Balaban J connectivity index is 1.95. The van der Waals surface area contributed by atoms with E-state index in [1.54, 1.807) is 19.1 Å². The monoisotopic (exact) mass is 399 g/mol. The quantitative estimate of drug-likeness (QED) is 0.425. The summed E-state index contributed by atoms with van der Waals surface area (Å²) in [5.74, 6) is -0.343. The lowest BCUT2D eigenvalue weighted by molar-refractivity contribution is -0.134. The first-order chi connectivity index (χ1) is 13.4. The standard InChI is InChI=1S/C21H18ClNO5/c1-4-18(24)27-19-15(22)9-13(11-17(19)26-3)10-16-21(25)28-20(23-16)14-7-5-6-12(2)8-14/h5-11H,4H2,1-3H3/b16-10+. The summed E-state index contributed by atoms with van der Waals surface area (Å²) in [7, 11) is 1.43. The molecule has 28 heavy (non-hydrogen) atoms.